The van der Waals surface area contributed by atoms with E-state index in [2.05, 4.69) is 5.32 Å². The van der Waals surface area contributed by atoms with Crippen LogP contribution in [0, 0.1) is 6.92 Å². The predicted octanol–water partition coefficient (Wildman–Crippen LogP) is 1.50. The van der Waals surface area contributed by atoms with E-state index < -0.39 is 0 Å². The van der Waals surface area contributed by atoms with Crippen molar-refractivity contribution in [1.29, 1.82) is 0 Å². The molecule has 15 heavy (non-hydrogen) atoms. The third-order valence-electron chi connectivity index (χ3n) is 2.76. The minimum absolute atomic E-state index is 0.0872. The first kappa shape index (κ1) is 10.2. The summed E-state index contributed by atoms with van der Waals surface area (Å²) >= 11 is 0. The van der Waals surface area contributed by atoms with Gasteiger partial charge < -0.3 is 14.5 Å². The van der Waals surface area contributed by atoms with Gasteiger partial charge in [0.2, 0.25) is 0 Å². The van der Waals surface area contributed by atoms with Gasteiger partial charge >= 0.3 is 0 Å². The monoisotopic (exact) mass is 209 g/mol. The molecule has 1 amide bonds. The third kappa shape index (κ3) is 2.04. The molecule has 1 fully saturated rings. The maximum absolute atomic E-state index is 11.8. The fourth-order valence-electron chi connectivity index (χ4n) is 1.76. The van der Waals surface area contributed by atoms with Gasteiger partial charge in [-0.25, -0.2) is 0 Å². The molecule has 0 spiro atoms. The number of amides is 1. The van der Waals surface area contributed by atoms with Crippen LogP contribution in [0.1, 0.15) is 29.5 Å². The zero-order valence-electron chi connectivity index (χ0n) is 8.95. The van der Waals surface area contributed by atoms with Crippen molar-refractivity contribution < 1.29 is 13.9 Å². The van der Waals surface area contributed by atoms with Gasteiger partial charge in [-0.1, -0.05) is 0 Å². The smallest absolute Gasteiger partial charge is 0.287 e. The van der Waals surface area contributed by atoms with Crippen LogP contribution in [0.15, 0.2) is 16.7 Å². The van der Waals surface area contributed by atoms with E-state index in [0.29, 0.717) is 12.4 Å². The lowest BCUT2D eigenvalue weighted by atomic mass is 10.1. The summed E-state index contributed by atoms with van der Waals surface area (Å²) in [5.74, 6) is 0.244. The highest BCUT2D eigenvalue weighted by molar-refractivity contribution is 5.93. The van der Waals surface area contributed by atoms with Gasteiger partial charge in [-0.3, -0.25) is 4.79 Å². The second kappa shape index (κ2) is 4.06. The lowest BCUT2D eigenvalue weighted by Gasteiger charge is -2.15. The Balaban J connectivity index is 2.01. The van der Waals surface area contributed by atoms with Crippen molar-refractivity contribution in [1.82, 2.24) is 5.32 Å². The zero-order chi connectivity index (χ0) is 10.8. The average molecular weight is 209 g/mol. The van der Waals surface area contributed by atoms with Crippen LogP contribution >= 0.6 is 0 Å². The molecule has 82 valence electrons. The zero-order valence-corrected chi connectivity index (χ0v) is 8.95. The van der Waals surface area contributed by atoms with Crippen molar-refractivity contribution in [3.63, 3.8) is 0 Å². The Morgan fingerprint density at radius 3 is 2.93 bits per heavy atom. The highest BCUT2D eigenvalue weighted by Crippen LogP contribution is 2.14. The highest BCUT2D eigenvalue weighted by atomic mass is 16.5. The minimum atomic E-state index is -0.153. The van der Waals surface area contributed by atoms with Crippen LogP contribution in [0.2, 0.25) is 0 Å². The van der Waals surface area contributed by atoms with E-state index in [1.54, 1.807) is 6.07 Å². The number of aryl methyl sites for hydroxylation is 1. The fourth-order valence-corrected chi connectivity index (χ4v) is 1.76. The maximum Gasteiger partial charge on any atom is 0.287 e. The van der Waals surface area contributed by atoms with Crippen LogP contribution < -0.4 is 5.32 Å². The quantitative estimate of drug-likeness (QED) is 0.803. The van der Waals surface area contributed by atoms with Gasteiger partial charge in [-0.05, 0) is 26.3 Å². The molecule has 2 heterocycles. The Bertz CT molecular complexity index is 358. The van der Waals surface area contributed by atoms with Gasteiger partial charge in [-0.15, -0.1) is 0 Å². The van der Waals surface area contributed by atoms with Gasteiger partial charge in [0.15, 0.2) is 5.76 Å². The van der Waals surface area contributed by atoms with E-state index >= 15 is 0 Å². The third-order valence-corrected chi connectivity index (χ3v) is 2.76. The van der Waals surface area contributed by atoms with E-state index in [9.17, 15) is 4.79 Å². The topological polar surface area (TPSA) is 51.5 Å². The van der Waals surface area contributed by atoms with Crippen molar-refractivity contribution >= 4 is 5.91 Å². The second-order valence-corrected chi connectivity index (χ2v) is 3.88. The number of hydrogen-bond donors (Lipinski definition) is 1. The van der Waals surface area contributed by atoms with Crippen molar-refractivity contribution in [2.75, 3.05) is 6.61 Å². The molecule has 1 aliphatic heterocycles. The molecule has 1 aromatic heterocycles. The Morgan fingerprint density at radius 1 is 1.60 bits per heavy atom. The van der Waals surface area contributed by atoms with Gasteiger partial charge in [0, 0.05) is 12.2 Å². The molecular formula is C11H15NO3. The van der Waals surface area contributed by atoms with Crippen LogP contribution in [-0.4, -0.2) is 24.7 Å². The van der Waals surface area contributed by atoms with Crippen LogP contribution in [0.5, 0.6) is 0 Å². The minimum Gasteiger partial charge on any atom is -0.459 e. The van der Waals surface area contributed by atoms with Gasteiger partial charge in [-0.2, -0.15) is 0 Å². The Morgan fingerprint density at radius 2 is 2.40 bits per heavy atom. The molecule has 1 aliphatic rings. The standard InChI is InChI=1S/C11H15NO3/c1-7-3-5-15-10(7)11(13)12-9-4-6-14-8(9)2/h3,5,8-9H,4,6H2,1-2H3,(H,12,13). The first-order valence-electron chi connectivity index (χ1n) is 5.15. The molecule has 0 aromatic carbocycles. The molecule has 2 rings (SSSR count). The first-order chi connectivity index (χ1) is 7.18. The SMILES string of the molecule is Cc1ccoc1C(=O)NC1CCOC1C. The molecule has 4 nitrogen and oxygen atoms in total. The molecule has 1 N–H and O–H groups in total. The van der Waals surface area contributed by atoms with E-state index in [1.807, 2.05) is 13.8 Å². The van der Waals surface area contributed by atoms with E-state index in [4.69, 9.17) is 9.15 Å². The van der Waals surface area contributed by atoms with Crippen molar-refractivity contribution in [3.8, 4) is 0 Å². The average Bonchev–Trinajstić information content (AvgIpc) is 2.76. The molecule has 0 radical (unpaired) electrons. The van der Waals surface area contributed by atoms with Gasteiger partial charge in [0.05, 0.1) is 18.4 Å². The molecule has 2 unspecified atom stereocenters. The number of hydrogen-bond acceptors (Lipinski definition) is 3. The van der Waals surface area contributed by atoms with Crippen molar-refractivity contribution in [2.45, 2.75) is 32.4 Å². The van der Waals surface area contributed by atoms with Crippen LogP contribution in [0.4, 0.5) is 0 Å². The molecule has 0 bridgehead atoms. The Kier molecular flexibility index (Phi) is 2.77. The maximum atomic E-state index is 11.8. The molecule has 0 aliphatic carbocycles. The molecular weight excluding hydrogens is 194 g/mol. The van der Waals surface area contributed by atoms with Gasteiger partial charge in [0.25, 0.3) is 5.91 Å². The van der Waals surface area contributed by atoms with E-state index in [0.717, 1.165) is 12.0 Å². The van der Waals surface area contributed by atoms with E-state index in [-0.39, 0.29) is 18.1 Å². The number of carbonyl (C=O) groups is 1. The summed E-state index contributed by atoms with van der Waals surface area (Å²) in [6.07, 6.45) is 2.48. The number of ether oxygens (including phenoxy) is 1. The lowest BCUT2D eigenvalue weighted by Crippen LogP contribution is -2.39. The summed E-state index contributed by atoms with van der Waals surface area (Å²) < 4.78 is 10.5. The van der Waals surface area contributed by atoms with Gasteiger partial charge in [0.1, 0.15) is 0 Å². The molecule has 4 heteroatoms. The summed E-state index contributed by atoms with van der Waals surface area (Å²) in [6.45, 7) is 4.53. The molecule has 0 saturated carbocycles. The first-order valence-corrected chi connectivity index (χ1v) is 5.15. The predicted molar refractivity (Wildman–Crippen MR) is 54.7 cm³/mol. The summed E-state index contributed by atoms with van der Waals surface area (Å²) in [6, 6.07) is 1.88. The summed E-state index contributed by atoms with van der Waals surface area (Å²) in [5.41, 5.74) is 0.860. The lowest BCUT2D eigenvalue weighted by molar-refractivity contribution is 0.0841. The Labute approximate surface area is 88.6 Å². The van der Waals surface area contributed by atoms with Crippen LogP contribution in [-0.2, 0) is 4.74 Å². The normalized spacial score (nSPS) is 25.5. The largest absolute Gasteiger partial charge is 0.459 e. The van der Waals surface area contributed by atoms with Crippen molar-refractivity contribution in [2.24, 2.45) is 0 Å². The fraction of sp³-hybridized carbons (Fsp3) is 0.545. The number of furan rings is 1. The molecule has 1 saturated heterocycles. The van der Waals surface area contributed by atoms with Crippen LogP contribution in [0.3, 0.4) is 0 Å². The number of rotatable bonds is 2. The molecule has 2 atom stereocenters. The van der Waals surface area contributed by atoms with Crippen LogP contribution in [0.25, 0.3) is 0 Å². The Hall–Kier alpha value is -1.29. The second-order valence-electron chi connectivity index (χ2n) is 3.88. The van der Waals surface area contributed by atoms with Crippen molar-refractivity contribution in [3.05, 3.63) is 23.7 Å². The highest BCUT2D eigenvalue weighted by Gasteiger charge is 2.27. The number of carbonyl (C=O) groups excluding carboxylic acids is 1. The molecule has 1 aromatic rings. The number of nitrogens with one attached hydrogen (secondary N) is 1. The van der Waals surface area contributed by atoms with E-state index in [1.165, 1.54) is 6.26 Å². The summed E-state index contributed by atoms with van der Waals surface area (Å²) in [5, 5.41) is 2.91. The summed E-state index contributed by atoms with van der Waals surface area (Å²) in [4.78, 5) is 11.8. The summed E-state index contributed by atoms with van der Waals surface area (Å²) in [7, 11) is 0.